The third-order valence-electron chi connectivity index (χ3n) is 2.86. The Morgan fingerprint density at radius 3 is 3.00 bits per heavy atom. The molecule has 1 nitrogen and oxygen atoms in total. The van der Waals surface area contributed by atoms with Gasteiger partial charge in [0.15, 0.2) is 0 Å². The molecule has 2 heteroatoms. The summed E-state index contributed by atoms with van der Waals surface area (Å²) in [6.07, 6.45) is 4.96. The van der Waals surface area contributed by atoms with Gasteiger partial charge in [-0.05, 0) is 43.0 Å². The Morgan fingerprint density at radius 1 is 1.31 bits per heavy atom. The SMILES string of the molecule is CCC(Cl)CCc1ccc2ncccc2c1. The first-order valence-corrected chi connectivity index (χ1v) is 6.21. The van der Waals surface area contributed by atoms with E-state index in [0.717, 1.165) is 24.8 Å². The van der Waals surface area contributed by atoms with Crippen molar-refractivity contribution in [2.75, 3.05) is 0 Å². The molecule has 16 heavy (non-hydrogen) atoms. The average molecular weight is 234 g/mol. The highest BCUT2D eigenvalue weighted by Crippen LogP contribution is 2.17. The minimum Gasteiger partial charge on any atom is -0.256 e. The lowest BCUT2D eigenvalue weighted by atomic mass is 10.0. The highest BCUT2D eigenvalue weighted by molar-refractivity contribution is 6.20. The molecule has 0 radical (unpaired) electrons. The molecule has 84 valence electrons. The zero-order chi connectivity index (χ0) is 11.4. The van der Waals surface area contributed by atoms with Gasteiger partial charge in [0.1, 0.15) is 0 Å². The molecule has 1 heterocycles. The monoisotopic (exact) mass is 233 g/mol. The molecule has 0 N–H and O–H groups in total. The Bertz CT molecular complexity index is 467. The molecule has 0 saturated heterocycles. The topological polar surface area (TPSA) is 12.9 Å². The van der Waals surface area contributed by atoms with E-state index >= 15 is 0 Å². The van der Waals surface area contributed by atoms with Crippen LogP contribution in [-0.2, 0) is 6.42 Å². The van der Waals surface area contributed by atoms with E-state index in [1.165, 1.54) is 10.9 Å². The second kappa shape index (κ2) is 5.31. The number of alkyl halides is 1. The fourth-order valence-electron chi connectivity index (χ4n) is 1.81. The zero-order valence-corrected chi connectivity index (χ0v) is 10.2. The van der Waals surface area contributed by atoms with Gasteiger partial charge in [-0.15, -0.1) is 11.6 Å². The van der Waals surface area contributed by atoms with Gasteiger partial charge >= 0.3 is 0 Å². The van der Waals surface area contributed by atoms with Crippen molar-refractivity contribution < 1.29 is 0 Å². The van der Waals surface area contributed by atoms with Crippen LogP contribution in [0.2, 0.25) is 0 Å². The average Bonchev–Trinajstić information content (AvgIpc) is 2.35. The van der Waals surface area contributed by atoms with Crippen LogP contribution in [0.25, 0.3) is 10.9 Å². The van der Waals surface area contributed by atoms with Crippen molar-refractivity contribution in [3.63, 3.8) is 0 Å². The maximum atomic E-state index is 6.12. The standard InChI is InChI=1S/C14H16ClN/c1-2-13(15)7-5-11-6-8-14-12(10-11)4-3-9-16-14/h3-4,6,8-10,13H,2,5,7H2,1H3. The predicted molar refractivity (Wildman–Crippen MR) is 70.0 cm³/mol. The maximum absolute atomic E-state index is 6.12. The normalized spacial score (nSPS) is 12.9. The van der Waals surface area contributed by atoms with Crippen molar-refractivity contribution in [2.24, 2.45) is 0 Å². The lowest BCUT2D eigenvalue weighted by molar-refractivity contribution is 0.727. The second-order valence-electron chi connectivity index (χ2n) is 4.07. The molecule has 0 fully saturated rings. The van der Waals surface area contributed by atoms with E-state index in [4.69, 9.17) is 11.6 Å². The lowest BCUT2D eigenvalue weighted by Gasteiger charge is -2.06. The first kappa shape index (κ1) is 11.4. The summed E-state index contributed by atoms with van der Waals surface area (Å²) >= 11 is 6.12. The minimum absolute atomic E-state index is 0.296. The Hall–Kier alpha value is -1.08. The van der Waals surface area contributed by atoms with Gasteiger partial charge in [0.2, 0.25) is 0 Å². The Balaban J connectivity index is 2.13. The Morgan fingerprint density at radius 2 is 2.19 bits per heavy atom. The van der Waals surface area contributed by atoms with Gasteiger partial charge < -0.3 is 0 Å². The van der Waals surface area contributed by atoms with Crippen molar-refractivity contribution in [2.45, 2.75) is 31.6 Å². The summed E-state index contributed by atoms with van der Waals surface area (Å²) < 4.78 is 0. The van der Waals surface area contributed by atoms with Crippen LogP contribution in [0.1, 0.15) is 25.3 Å². The fourth-order valence-corrected chi connectivity index (χ4v) is 1.92. The van der Waals surface area contributed by atoms with Gasteiger partial charge in [-0.3, -0.25) is 4.98 Å². The number of nitrogens with zero attached hydrogens (tertiary/aromatic N) is 1. The van der Waals surface area contributed by atoms with Crippen LogP contribution >= 0.6 is 11.6 Å². The van der Waals surface area contributed by atoms with E-state index in [2.05, 4.69) is 36.2 Å². The summed E-state index contributed by atoms with van der Waals surface area (Å²) in [4.78, 5) is 4.31. The van der Waals surface area contributed by atoms with Crippen LogP contribution in [0.3, 0.4) is 0 Å². The number of pyridine rings is 1. The first-order valence-electron chi connectivity index (χ1n) is 5.77. The molecule has 0 spiro atoms. The summed E-state index contributed by atoms with van der Waals surface area (Å²) in [7, 11) is 0. The molecular weight excluding hydrogens is 218 g/mol. The molecule has 1 aromatic heterocycles. The van der Waals surface area contributed by atoms with Crippen LogP contribution in [0.5, 0.6) is 0 Å². The van der Waals surface area contributed by atoms with Crippen molar-refractivity contribution in [1.82, 2.24) is 4.98 Å². The van der Waals surface area contributed by atoms with Gasteiger partial charge in [0, 0.05) is 17.0 Å². The number of fused-ring (bicyclic) bond motifs is 1. The molecule has 2 rings (SSSR count). The number of benzene rings is 1. The second-order valence-corrected chi connectivity index (χ2v) is 4.69. The van der Waals surface area contributed by atoms with Gasteiger partial charge in [-0.1, -0.05) is 19.1 Å². The number of halogens is 1. The smallest absolute Gasteiger partial charge is 0.0702 e. The van der Waals surface area contributed by atoms with E-state index < -0.39 is 0 Å². The number of hydrogen-bond acceptors (Lipinski definition) is 1. The van der Waals surface area contributed by atoms with E-state index in [0.29, 0.717) is 5.38 Å². The third-order valence-corrected chi connectivity index (χ3v) is 3.38. The van der Waals surface area contributed by atoms with Crippen LogP contribution in [-0.4, -0.2) is 10.4 Å². The van der Waals surface area contributed by atoms with E-state index in [1.54, 1.807) is 0 Å². The van der Waals surface area contributed by atoms with Crippen molar-refractivity contribution in [3.8, 4) is 0 Å². The van der Waals surface area contributed by atoms with Crippen molar-refractivity contribution in [1.29, 1.82) is 0 Å². The Kier molecular flexibility index (Phi) is 3.79. The van der Waals surface area contributed by atoms with E-state index in [1.807, 2.05) is 12.3 Å². The fraction of sp³-hybridized carbons (Fsp3) is 0.357. The van der Waals surface area contributed by atoms with Crippen LogP contribution in [0.4, 0.5) is 0 Å². The minimum atomic E-state index is 0.296. The molecule has 0 saturated carbocycles. The number of rotatable bonds is 4. The molecule has 0 bridgehead atoms. The summed E-state index contributed by atoms with van der Waals surface area (Å²) in [5.41, 5.74) is 2.41. The van der Waals surface area contributed by atoms with Crippen LogP contribution in [0, 0.1) is 0 Å². The number of aromatic nitrogens is 1. The molecule has 1 unspecified atom stereocenters. The third kappa shape index (κ3) is 2.73. The van der Waals surface area contributed by atoms with E-state index in [9.17, 15) is 0 Å². The van der Waals surface area contributed by atoms with Gasteiger partial charge in [0.25, 0.3) is 0 Å². The molecule has 0 amide bonds. The summed E-state index contributed by atoms with van der Waals surface area (Å²) in [5, 5.41) is 1.51. The molecule has 2 aromatic rings. The molecule has 0 aliphatic rings. The Labute approximate surface area is 101 Å². The molecule has 0 aliphatic carbocycles. The van der Waals surface area contributed by atoms with Gasteiger partial charge in [-0.2, -0.15) is 0 Å². The summed E-state index contributed by atoms with van der Waals surface area (Å²) in [6.45, 7) is 2.13. The highest BCUT2D eigenvalue weighted by Gasteiger charge is 2.02. The highest BCUT2D eigenvalue weighted by atomic mass is 35.5. The van der Waals surface area contributed by atoms with Crippen molar-refractivity contribution in [3.05, 3.63) is 42.1 Å². The summed E-state index contributed by atoms with van der Waals surface area (Å²) in [5.74, 6) is 0. The lowest BCUT2D eigenvalue weighted by Crippen LogP contribution is -1.98. The summed E-state index contributed by atoms with van der Waals surface area (Å²) in [6, 6.07) is 10.5. The predicted octanol–water partition coefficient (Wildman–Crippen LogP) is 4.18. The number of hydrogen-bond donors (Lipinski definition) is 0. The quantitative estimate of drug-likeness (QED) is 0.722. The molecule has 0 aliphatic heterocycles. The van der Waals surface area contributed by atoms with Crippen LogP contribution < -0.4 is 0 Å². The van der Waals surface area contributed by atoms with Crippen molar-refractivity contribution >= 4 is 22.5 Å². The largest absolute Gasteiger partial charge is 0.256 e. The van der Waals surface area contributed by atoms with Gasteiger partial charge in [0.05, 0.1) is 5.52 Å². The first-order chi connectivity index (χ1) is 7.79. The molecule has 1 atom stereocenters. The van der Waals surface area contributed by atoms with Crippen LogP contribution in [0.15, 0.2) is 36.5 Å². The van der Waals surface area contributed by atoms with Gasteiger partial charge in [-0.25, -0.2) is 0 Å². The number of aryl methyl sites for hydroxylation is 1. The molecular formula is C14H16ClN. The van der Waals surface area contributed by atoms with E-state index in [-0.39, 0.29) is 0 Å². The zero-order valence-electron chi connectivity index (χ0n) is 9.49. The maximum Gasteiger partial charge on any atom is 0.0702 e. The molecule has 1 aromatic carbocycles.